The van der Waals surface area contributed by atoms with Crippen molar-refractivity contribution in [3.05, 3.63) is 95.8 Å². The van der Waals surface area contributed by atoms with E-state index in [9.17, 15) is 14.4 Å². The lowest BCUT2D eigenvalue weighted by Crippen LogP contribution is -2.13. The Balaban J connectivity index is 1.70. The molecule has 0 atom stereocenters. The molecule has 2 N–H and O–H groups in total. The summed E-state index contributed by atoms with van der Waals surface area (Å²) >= 11 is 0. The number of carbonyl (C=O) groups is 1. The largest absolute Gasteiger partial charge is 0.356 e. The van der Waals surface area contributed by atoms with Crippen LogP contribution in [0, 0.1) is 17.1 Å². The van der Waals surface area contributed by atoms with Crippen molar-refractivity contribution in [3.8, 4) is 6.07 Å². The number of benzene rings is 3. The van der Waals surface area contributed by atoms with Gasteiger partial charge in [-0.2, -0.15) is 5.26 Å². The second-order valence-corrected chi connectivity index (χ2v) is 5.74. The highest BCUT2D eigenvalue weighted by molar-refractivity contribution is 6.09. The van der Waals surface area contributed by atoms with Gasteiger partial charge in [0.25, 0.3) is 5.91 Å². The van der Waals surface area contributed by atoms with Gasteiger partial charge in [-0.05, 0) is 60.2 Å². The fourth-order valence-corrected chi connectivity index (χ4v) is 2.40. The van der Waals surface area contributed by atoms with E-state index in [0.29, 0.717) is 5.69 Å². The number of rotatable bonds is 5. The summed E-state index contributed by atoms with van der Waals surface area (Å²) in [5, 5.41) is 15.1. The van der Waals surface area contributed by atoms with Gasteiger partial charge in [0, 0.05) is 17.1 Å². The highest BCUT2D eigenvalue weighted by Gasteiger charge is 2.09. The number of carbonyl (C=O) groups excluding carboxylic acids is 1. The Morgan fingerprint density at radius 1 is 0.852 bits per heavy atom. The van der Waals surface area contributed by atoms with Crippen LogP contribution in [0.15, 0.2) is 84.4 Å². The van der Waals surface area contributed by atoms with Gasteiger partial charge >= 0.3 is 0 Å². The highest BCUT2D eigenvalue weighted by Crippen LogP contribution is 2.18. The first kappa shape index (κ1) is 17.9. The molecule has 5 heteroatoms. The van der Waals surface area contributed by atoms with Gasteiger partial charge in [-0.25, -0.2) is 4.39 Å². The first-order valence-electron chi connectivity index (χ1n) is 8.25. The number of anilines is 3. The molecular weight excluding hydrogens is 341 g/mol. The Morgan fingerprint density at radius 3 is 2.07 bits per heavy atom. The lowest BCUT2D eigenvalue weighted by Gasteiger charge is -2.07. The van der Waals surface area contributed by atoms with E-state index in [4.69, 9.17) is 0 Å². The van der Waals surface area contributed by atoms with Crippen LogP contribution in [0.2, 0.25) is 0 Å². The summed E-state index contributed by atoms with van der Waals surface area (Å²) in [6, 6.07) is 24.4. The van der Waals surface area contributed by atoms with Gasteiger partial charge in [0.05, 0.1) is 0 Å². The molecule has 3 rings (SSSR count). The van der Waals surface area contributed by atoms with Gasteiger partial charge in [0.15, 0.2) is 0 Å². The van der Waals surface area contributed by atoms with Crippen molar-refractivity contribution >= 4 is 29.0 Å². The Bertz CT molecular complexity index is 988. The monoisotopic (exact) mass is 357 g/mol. The minimum atomic E-state index is -0.546. The minimum Gasteiger partial charge on any atom is -0.356 e. The van der Waals surface area contributed by atoms with E-state index < -0.39 is 11.7 Å². The second-order valence-electron chi connectivity index (χ2n) is 5.74. The number of hydrogen-bond donors (Lipinski definition) is 2. The number of amides is 1. The number of nitrogens with zero attached hydrogens (tertiary/aromatic N) is 1. The normalized spacial score (nSPS) is 10.7. The molecule has 4 nitrogen and oxygen atoms in total. The van der Waals surface area contributed by atoms with E-state index in [2.05, 4.69) is 10.6 Å². The van der Waals surface area contributed by atoms with Crippen LogP contribution in [0.4, 0.5) is 21.5 Å². The molecule has 0 saturated heterocycles. The van der Waals surface area contributed by atoms with E-state index >= 15 is 0 Å². The fraction of sp³-hybridized carbons (Fsp3) is 0. The third kappa shape index (κ3) is 5.03. The van der Waals surface area contributed by atoms with E-state index in [-0.39, 0.29) is 5.57 Å². The minimum absolute atomic E-state index is 0.0388. The molecule has 0 aromatic heterocycles. The maximum atomic E-state index is 12.9. The predicted octanol–water partition coefficient (Wildman–Crippen LogP) is 5.11. The van der Waals surface area contributed by atoms with E-state index in [1.807, 2.05) is 60.7 Å². The standard InChI is InChI=1S/C22H16FN3O/c23-18-8-12-21(13-9-18)26-22(27)17(15-24)14-16-6-10-20(11-7-16)25-19-4-2-1-3-5-19/h1-14,25H,(H,26,27)/b17-14+. The van der Waals surface area contributed by atoms with Crippen LogP contribution >= 0.6 is 0 Å². The molecule has 0 bridgehead atoms. The molecule has 0 saturated carbocycles. The van der Waals surface area contributed by atoms with Crippen LogP contribution in [0.25, 0.3) is 6.08 Å². The van der Waals surface area contributed by atoms with Crippen molar-refractivity contribution in [1.29, 1.82) is 5.26 Å². The van der Waals surface area contributed by atoms with Crippen LogP contribution < -0.4 is 10.6 Å². The first-order valence-corrected chi connectivity index (χ1v) is 8.25. The number of halogens is 1. The summed E-state index contributed by atoms with van der Waals surface area (Å²) in [5.74, 6) is -0.941. The molecule has 0 radical (unpaired) electrons. The zero-order chi connectivity index (χ0) is 19.1. The third-order valence-corrected chi connectivity index (χ3v) is 3.75. The van der Waals surface area contributed by atoms with Crippen molar-refractivity contribution in [1.82, 2.24) is 0 Å². The lowest BCUT2D eigenvalue weighted by atomic mass is 10.1. The van der Waals surface area contributed by atoms with Crippen molar-refractivity contribution in [2.24, 2.45) is 0 Å². The van der Waals surface area contributed by atoms with Crippen molar-refractivity contribution in [2.45, 2.75) is 0 Å². The molecule has 0 unspecified atom stereocenters. The van der Waals surface area contributed by atoms with E-state index in [1.54, 1.807) is 0 Å². The number of nitriles is 1. The van der Waals surface area contributed by atoms with E-state index in [0.717, 1.165) is 16.9 Å². The van der Waals surface area contributed by atoms with Gasteiger partial charge in [0.1, 0.15) is 17.5 Å². The van der Waals surface area contributed by atoms with Crippen LogP contribution in [0.3, 0.4) is 0 Å². The average molecular weight is 357 g/mol. The summed E-state index contributed by atoms with van der Waals surface area (Å²) in [7, 11) is 0. The quantitative estimate of drug-likeness (QED) is 0.492. The smallest absolute Gasteiger partial charge is 0.266 e. The lowest BCUT2D eigenvalue weighted by molar-refractivity contribution is -0.112. The Labute approximate surface area is 156 Å². The molecule has 0 heterocycles. The Hall–Kier alpha value is -3.91. The van der Waals surface area contributed by atoms with Crippen LogP contribution in [0.1, 0.15) is 5.56 Å². The number of hydrogen-bond acceptors (Lipinski definition) is 3. The molecule has 27 heavy (non-hydrogen) atoms. The summed E-state index contributed by atoms with van der Waals surface area (Å²) in [6.07, 6.45) is 1.51. The molecule has 3 aromatic rings. The molecule has 0 fully saturated rings. The van der Waals surface area contributed by atoms with Crippen LogP contribution in [-0.4, -0.2) is 5.91 Å². The maximum Gasteiger partial charge on any atom is 0.266 e. The highest BCUT2D eigenvalue weighted by atomic mass is 19.1. The van der Waals surface area contributed by atoms with Crippen molar-refractivity contribution < 1.29 is 9.18 Å². The number of para-hydroxylation sites is 1. The fourth-order valence-electron chi connectivity index (χ4n) is 2.40. The summed E-state index contributed by atoms with van der Waals surface area (Å²) in [4.78, 5) is 12.2. The molecule has 0 aliphatic heterocycles. The Morgan fingerprint density at radius 2 is 1.44 bits per heavy atom. The summed E-state index contributed by atoms with van der Waals surface area (Å²) in [6.45, 7) is 0. The SMILES string of the molecule is N#C/C(=C\c1ccc(Nc2ccccc2)cc1)C(=O)Nc1ccc(F)cc1. The van der Waals surface area contributed by atoms with Gasteiger partial charge in [0.2, 0.25) is 0 Å². The third-order valence-electron chi connectivity index (χ3n) is 3.75. The van der Waals surface area contributed by atoms with Gasteiger partial charge in [-0.1, -0.05) is 30.3 Å². The predicted molar refractivity (Wildman–Crippen MR) is 105 cm³/mol. The zero-order valence-corrected chi connectivity index (χ0v) is 14.3. The maximum absolute atomic E-state index is 12.9. The van der Waals surface area contributed by atoms with Crippen molar-refractivity contribution in [3.63, 3.8) is 0 Å². The zero-order valence-electron chi connectivity index (χ0n) is 14.3. The molecule has 0 spiro atoms. The molecule has 1 amide bonds. The van der Waals surface area contributed by atoms with Gasteiger partial charge in [-0.3, -0.25) is 4.79 Å². The summed E-state index contributed by atoms with van der Waals surface area (Å²) in [5.41, 5.74) is 2.97. The molecule has 0 aliphatic carbocycles. The average Bonchev–Trinajstić information content (AvgIpc) is 2.70. The van der Waals surface area contributed by atoms with Crippen molar-refractivity contribution in [2.75, 3.05) is 10.6 Å². The van der Waals surface area contributed by atoms with Gasteiger partial charge < -0.3 is 10.6 Å². The Kier molecular flexibility index (Phi) is 5.60. The van der Waals surface area contributed by atoms with Crippen LogP contribution in [-0.2, 0) is 4.79 Å². The molecule has 132 valence electrons. The topological polar surface area (TPSA) is 64.9 Å². The molecular formula is C22H16FN3O. The molecule has 0 aliphatic rings. The molecule has 3 aromatic carbocycles. The van der Waals surface area contributed by atoms with E-state index in [1.165, 1.54) is 30.3 Å². The van der Waals surface area contributed by atoms with Crippen LogP contribution in [0.5, 0.6) is 0 Å². The first-order chi connectivity index (χ1) is 13.1. The van der Waals surface area contributed by atoms with Gasteiger partial charge in [-0.15, -0.1) is 0 Å². The summed E-state index contributed by atoms with van der Waals surface area (Å²) < 4.78 is 12.9. The number of nitrogens with one attached hydrogen (secondary N) is 2. The second kappa shape index (κ2) is 8.45.